The highest BCUT2D eigenvalue weighted by Crippen LogP contribution is 2.45. The van der Waals surface area contributed by atoms with Gasteiger partial charge in [0.2, 0.25) is 5.95 Å². The largest absolute Gasteiger partial charge is 0.338 e. The summed E-state index contributed by atoms with van der Waals surface area (Å²) in [5.74, 6) is 1.17. The average Bonchev–Trinajstić information content (AvgIpc) is 3.43. The van der Waals surface area contributed by atoms with E-state index in [0.717, 1.165) is 12.3 Å². The molecule has 0 saturated carbocycles. The normalized spacial score (nSPS) is 25.7. The van der Waals surface area contributed by atoms with E-state index in [2.05, 4.69) is 36.9 Å². The van der Waals surface area contributed by atoms with Crippen LogP contribution >= 0.6 is 23.1 Å². The molecule has 9 heteroatoms. The van der Waals surface area contributed by atoms with Crippen LogP contribution in [0.25, 0.3) is 0 Å². The number of carbonyl (C=O) groups excluding carboxylic acids is 1. The van der Waals surface area contributed by atoms with Crippen molar-refractivity contribution in [3.63, 3.8) is 0 Å². The summed E-state index contributed by atoms with van der Waals surface area (Å²) in [6.45, 7) is 1.42. The Morgan fingerprint density at radius 2 is 2.00 bits per heavy atom. The molecule has 0 radical (unpaired) electrons. The monoisotopic (exact) mass is 441 g/mol. The topological polar surface area (TPSA) is 70.2 Å². The van der Waals surface area contributed by atoms with Gasteiger partial charge in [0.25, 0.3) is 5.91 Å². The maximum atomic E-state index is 13.3. The number of hydrogen-bond acceptors (Lipinski definition) is 7. The zero-order valence-electron chi connectivity index (χ0n) is 16.0. The van der Waals surface area contributed by atoms with Gasteiger partial charge in [0.15, 0.2) is 5.82 Å². The Morgan fingerprint density at radius 3 is 2.73 bits per heavy atom. The minimum absolute atomic E-state index is 0.0999. The van der Waals surface area contributed by atoms with E-state index < -0.39 is 5.82 Å². The molecule has 0 spiro atoms. The first kappa shape index (κ1) is 19.5. The Labute approximate surface area is 181 Å². The van der Waals surface area contributed by atoms with Crippen LogP contribution in [-0.4, -0.2) is 40.2 Å². The first-order valence-corrected chi connectivity index (χ1v) is 11.6. The number of benzene rings is 1. The van der Waals surface area contributed by atoms with Crippen molar-refractivity contribution in [3.05, 3.63) is 76.5 Å². The fraction of sp³-hybridized carbons (Fsp3) is 0.286. The molecule has 0 bridgehead atoms. The Kier molecular flexibility index (Phi) is 5.18. The average molecular weight is 442 g/mol. The molecule has 2 aliphatic rings. The molecule has 5 rings (SSSR count). The number of nitrogens with one attached hydrogen (secondary N) is 2. The maximum absolute atomic E-state index is 13.3. The van der Waals surface area contributed by atoms with Crippen LogP contribution in [0.5, 0.6) is 0 Å². The molecule has 2 N–H and O–H groups in total. The lowest BCUT2D eigenvalue weighted by atomic mass is 9.86. The van der Waals surface area contributed by atoms with Crippen molar-refractivity contribution >= 4 is 35.0 Å². The Balaban J connectivity index is 1.40. The molecular weight excluding hydrogens is 421 g/mol. The van der Waals surface area contributed by atoms with Gasteiger partial charge in [-0.3, -0.25) is 10.1 Å². The molecule has 2 aliphatic heterocycles. The number of aromatic nitrogens is 2. The van der Waals surface area contributed by atoms with Crippen LogP contribution in [0.3, 0.4) is 0 Å². The number of hydrogen-bond donors (Lipinski definition) is 2. The first-order chi connectivity index (χ1) is 14.6. The Hall–Kier alpha value is -2.49. The van der Waals surface area contributed by atoms with Crippen LogP contribution in [0.2, 0.25) is 0 Å². The van der Waals surface area contributed by atoms with Gasteiger partial charge in [0.1, 0.15) is 5.50 Å². The lowest BCUT2D eigenvalue weighted by molar-refractivity contribution is 0.0934. The lowest BCUT2D eigenvalue weighted by Gasteiger charge is -2.42. The number of carbonyl (C=O) groups is 1. The summed E-state index contributed by atoms with van der Waals surface area (Å²) >= 11 is 3.39. The zero-order chi connectivity index (χ0) is 20.6. The van der Waals surface area contributed by atoms with Crippen LogP contribution < -0.4 is 15.5 Å². The number of fused-ring (bicyclic) bond motifs is 1. The van der Waals surface area contributed by atoms with E-state index >= 15 is 0 Å². The summed E-state index contributed by atoms with van der Waals surface area (Å²) in [6, 6.07) is 13.4. The van der Waals surface area contributed by atoms with E-state index in [9.17, 15) is 9.18 Å². The second-order valence-electron chi connectivity index (χ2n) is 7.42. The SMILES string of the molecule is O=C(NC1N[C@@]2(c3cccs3)CN(c3ncc(F)cn3)C[C@H]2CS1)c1ccccc1. The van der Waals surface area contributed by atoms with E-state index in [0.29, 0.717) is 24.0 Å². The fourth-order valence-corrected chi connectivity index (χ4v) is 6.40. The van der Waals surface area contributed by atoms with Crippen LogP contribution in [0.1, 0.15) is 15.2 Å². The molecule has 1 aromatic carbocycles. The third-order valence-electron chi connectivity index (χ3n) is 5.58. The number of anilines is 1. The van der Waals surface area contributed by atoms with Crippen molar-refractivity contribution in [1.29, 1.82) is 0 Å². The van der Waals surface area contributed by atoms with Gasteiger partial charge in [-0.05, 0) is 23.6 Å². The van der Waals surface area contributed by atoms with Gasteiger partial charge in [0, 0.05) is 35.2 Å². The van der Waals surface area contributed by atoms with Crippen LogP contribution in [0.4, 0.5) is 10.3 Å². The molecule has 0 aliphatic carbocycles. The third-order valence-corrected chi connectivity index (χ3v) is 7.79. The van der Waals surface area contributed by atoms with Crippen LogP contribution in [0.15, 0.2) is 60.2 Å². The minimum atomic E-state index is -0.444. The first-order valence-electron chi connectivity index (χ1n) is 9.66. The Morgan fingerprint density at radius 1 is 1.20 bits per heavy atom. The molecule has 4 heterocycles. The van der Waals surface area contributed by atoms with Gasteiger partial charge in [-0.15, -0.1) is 23.1 Å². The molecule has 3 aromatic rings. The van der Waals surface area contributed by atoms with Gasteiger partial charge in [-0.2, -0.15) is 0 Å². The summed E-state index contributed by atoms with van der Waals surface area (Å²) in [7, 11) is 0. The van der Waals surface area contributed by atoms with E-state index in [-0.39, 0.29) is 16.9 Å². The smallest absolute Gasteiger partial charge is 0.253 e. The molecule has 3 atom stereocenters. The number of amides is 1. The summed E-state index contributed by atoms with van der Waals surface area (Å²) in [5.41, 5.74) is 0.0938. The molecule has 1 unspecified atom stereocenters. The van der Waals surface area contributed by atoms with Crippen LogP contribution in [-0.2, 0) is 5.54 Å². The van der Waals surface area contributed by atoms with Crippen molar-refractivity contribution in [2.24, 2.45) is 5.92 Å². The second kappa shape index (κ2) is 7.98. The highest BCUT2D eigenvalue weighted by Gasteiger charge is 2.52. The van der Waals surface area contributed by atoms with Crippen molar-refractivity contribution in [3.8, 4) is 0 Å². The maximum Gasteiger partial charge on any atom is 0.253 e. The lowest BCUT2D eigenvalue weighted by Crippen LogP contribution is -2.60. The molecule has 2 fully saturated rings. The number of halogens is 1. The quantitative estimate of drug-likeness (QED) is 0.649. The van der Waals surface area contributed by atoms with E-state index in [4.69, 9.17) is 0 Å². The number of nitrogens with zero attached hydrogens (tertiary/aromatic N) is 3. The predicted molar refractivity (Wildman–Crippen MR) is 117 cm³/mol. The number of thioether (sulfide) groups is 1. The van der Waals surface area contributed by atoms with E-state index in [1.165, 1.54) is 17.3 Å². The summed E-state index contributed by atoms with van der Waals surface area (Å²) < 4.78 is 13.3. The van der Waals surface area contributed by atoms with E-state index in [1.807, 2.05) is 36.4 Å². The number of rotatable bonds is 4. The van der Waals surface area contributed by atoms with Gasteiger partial charge in [0.05, 0.1) is 17.9 Å². The molecule has 2 saturated heterocycles. The fourth-order valence-electron chi connectivity index (χ4n) is 4.14. The van der Waals surface area contributed by atoms with Gasteiger partial charge < -0.3 is 10.2 Å². The standard InChI is InChI=1S/C21H20FN5OS2/c22-16-9-23-19(24-10-16)27-11-15-12-30-20(25-18(28)14-5-2-1-3-6-14)26-21(15,13-27)17-7-4-8-29-17/h1-10,15,20,26H,11-13H2,(H,25,28)/t15-,20?,21-/m0/s1. The third kappa shape index (κ3) is 3.57. The van der Waals surface area contributed by atoms with Gasteiger partial charge in [-0.1, -0.05) is 24.3 Å². The summed E-state index contributed by atoms with van der Waals surface area (Å²) in [6.07, 6.45) is 2.40. The summed E-state index contributed by atoms with van der Waals surface area (Å²) in [4.78, 5) is 24.4. The minimum Gasteiger partial charge on any atom is -0.338 e. The zero-order valence-corrected chi connectivity index (χ0v) is 17.6. The van der Waals surface area contributed by atoms with Gasteiger partial charge >= 0.3 is 0 Å². The molecular formula is C21H20FN5OS2. The summed E-state index contributed by atoms with van der Waals surface area (Å²) in [5, 5.41) is 8.90. The predicted octanol–water partition coefficient (Wildman–Crippen LogP) is 3.06. The highest BCUT2D eigenvalue weighted by molar-refractivity contribution is 7.99. The van der Waals surface area contributed by atoms with Crippen molar-refractivity contribution < 1.29 is 9.18 Å². The molecule has 30 heavy (non-hydrogen) atoms. The molecule has 6 nitrogen and oxygen atoms in total. The molecule has 154 valence electrons. The highest BCUT2D eigenvalue weighted by atomic mass is 32.2. The molecule has 2 aromatic heterocycles. The second-order valence-corrected chi connectivity index (χ2v) is 9.51. The number of thiophene rings is 1. The van der Waals surface area contributed by atoms with Crippen molar-refractivity contribution in [1.82, 2.24) is 20.6 Å². The van der Waals surface area contributed by atoms with Crippen molar-refractivity contribution in [2.45, 2.75) is 11.0 Å². The van der Waals surface area contributed by atoms with Crippen LogP contribution in [0, 0.1) is 11.7 Å². The van der Waals surface area contributed by atoms with E-state index in [1.54, 1.807) is 23.1 Å². The van der Waals surface area contributed by atoms with Gasteiger partial charge in [-0.25, -0.2) is 14.4 Å². The molecule has 1 amide bonds. The van der Waals surface area contributed by atoms with Crippen molar-refractivity contribution in [2.75, 3.05) is 23.7 Å². The Bertz CT molecular complexity index is 1020.